The van der Waals surface area contributed by atoms with Gasteiger partial charge in [0.05, 0.1) is 25.0 Å². The number of likely N-dealkylation sites (tertiary alicyclic amines) is 1. The smallest absolute Gasteiger partial charge is 0.421 e. The molecule has 1 fully saturated rings. The van der Waals surface area contributed by atoms with E-state index < -0.39 is 35.0 Å². The van der Waals surface area contributed by atoms with E-state index in [1.54, 1.807) is 30.1 Å². The second-order valence-corrected chi connectivity index (χ2v) is 12.2. The summed E-state index contributed by atoms with van der Waals surface area (Å²) in [6.07, 6.45) is -3.90. The number of rotatable bonds is 12. The number of aromatic nitrogens is 2. The van der Waals surface area contributed by atoms with Gasteiger partial charge in [-0.1, -0.05) is 12.1 Å². The second-order valence-electron chi connectivity index (χ2n) is 10.8. The molecule has 0 radical (unpaired) electrons. The summed E-state index contributed by atoms with van der Waals surface area (Å²) >= 11 is 0. The number of piperidine rings is 1. The van der Waals surface area contributed by atoms with Crippen LogP contribution in [-0.2, 0) is 23.7 Å². The molecule has 0 spiro atoms. The first-order valence-electron chi connectivity index (χ1n) is 14.4. The molecule has 1 atom stereocenters. The molecule has 0 saturated carbocycles. The maximum absolute atomic E-state index is 13.9. The second kappa shape index (κ2) is 15.0. The lowest BCUT2D eigenvalue weighted by atomic mass is 10.0. The quantitative estimate of drug-likeness (QED) is 0.221. The van der Waals surface area contributed by atoms with Crippen LogP contribution in [0.2, 0.25) is 0 Å². The lowest BCUT2D eigenvalue weighted by Crippen LogP contribution is -2.45. The van der Waals surface area contributed by atoms with Gasteiger partial charge in [0, 0.05) is 50.7 Å². The standard InChI is InChI=1S/C30H36F5N7O3S/c1-18-5-6-20(24(13-18)41(2)46(4)44)15-36-27-22(30(33,34)35)16-37-29(40-27)39-23-8-7-19(14-25(23)45-3)28(43)38-21-9-11-42(12-10-21)17-26(31)32/h5-8,13-14,16,21,26H,9-12,15,17H2,1-4H3,(H,38,43)(H2,36,37,39,40). The van der Waals surface area contributed by atoms with Gasteiger partial charge in [-0.25, -0.2) is 18.0 Å². The molecule has 3 aromatic rings. The van der Waals surface area contributed by atoms with E-state index in [1.165, 1.54) is 35.9 Å². The highest BCUT2D eigenvalue weighted by molar-refractivity contribution is 7.85. The van der Waals surface area contributed by atoms with Crippen LogP contribution in [-0.4, -0.2) is 77.5 Å². The maximum atomic E-state index is 13.9. The van der Waals surface area contributed by atoms with Crippen molar-refractivity contribution in [3.05, 3.63) is 64.8 Å². The summed E-state index contributed by atoms with van der Waals surface area (Å²) in [5.41, 5.74) is 1.61. The van der Waals surface area contributed by atoms with Crippen LogP contribution < -0.4 is 25.0 Å². The van der Waals surface area contributed by atoms with Crippen molar-refractivity contribution in [3.8, 4) is 5.75 Å². The zero-order chi connectivity index (χ0) is 33.6. The van der Waals surface area contributed by atoms with Crippen molar-refractivity contribution in [2.75, 3.05) is 55.0 Å². The summed E-state index contributed by atoms with van der Waals surface area (Å²) in [6.45, 7) is 2.42. The fourth-order valence-electron chi connectivity index (χ4n) is 5.00. The van der Waals surface area contributed by atoms with Crippen molar-refractivity contribution in [1.29, 1.82) is 0 Å². The number of alkyl halides is 5. The predicted octanol–water partition coefficient (Wildman–Crippen LogP) is 5.36. The number of carbonyl (C=O) groups excluding carboxylic acids is 1. The van der Waals surface area contributed by atoms with Crippen LogP contribution in [0.25, 0.3) is 0 Å². The number of aryl methyl sites for hydroxylation is 1. The average molecular weight is 670 g/mol. The molecule has 16 heteroatoms. The van der Waals surface area contributed by atoms with Crippen molar-refractivity contribution in [1.82, 2.24) is 20.2 Å². The number of nitrogens with zero attached hydrogens (tertiary/aromatic N) is 4. The fraction of sp³-hybridized carbons (Fsp3) is 0.433. The van der Waals surface area contributed by atoms with E-state index >= 15 is 0 Å². The van der Waals surface area contributed by atoms with Gasteiger partial charge in [-0.3, -0.25) is 14.0 Å². The maximum Gasteiger partial charge on any atom is 0.421 e. The van der Waals surface area contributed by atoms with Crippen LogP contribution in [0.15, 0.2) is 42.6 Å². The van der Waals surface area contributed by atoms with E-state index in [0.717, 1.165) is 5.56 Å². The number of hydrogen-bond donors (Lipinski definition) is 3. The molecule has 4 rings (SSSR count). The third-order valence-corrected chi connectivity index (χ3v) is 8.50. The molecule has 3 N–H and O–H groups in total. The summed E-state index contributed by atoms with van der Waals surface area (Å²) in [7, 11) is 1.65. The highest BCUT2D eigenvalue weighted by atomic mass is 32.2. The molecule has 250 valence electrons. The summed E-state index contributed by atoms with van der Waals surface area (Å²) < 4.78 is 86.0. The minimum Gasteiger partial charge on any atom is -0.495 e. The normalized spacial score (nSPS) is 15.0. The van der Waals surface area contributed by atoms with E-state index in [2.05, 4.69) is 25.9 Å². The molecule has 10 nitrogen and oxygen atoms in total. The monoisotopic (exact) mass is 669 g/mol. The van der Waals surface area contributed by atoms with Gasteiger partial charge in [0.25, 0.3) is 12.3 Å². The van der Waals surface area contributed by atoms with Crippen molar-refractivity contribution in [2.24, 2.45) is 0 Å². The molecule has 1 aliphatic rings. The molecular formula is C30H36F5N7O3S. The minimum atomic E-state index is -4.75. The first kappa shape index (κ1) is 34.8. The molecule has 1 aromatic heterocycles. The van der Waals surface area contributed by atoms with Crippen LogP contribution in [0, 0.1) is 6.92 Å². The van der Waals surface area contributed by atoms with E-state index in [0.29, 0.717) is 49.1 Å². The molecule has 1 amide bonds. The molecule has 46 heavy (non-hydrogen) atoms. The number of ether oxygens (including phenoxy) is 1. The van der Waals surface area contributed by atoms with Crippen LogP contribution in [0.4, 0.5) is 45.1 Å². The van der Waals surface area contributed by atoms with Gasteiger partial charge in [-0.2, -0.15) is 18.2 Å². The Morgan fingerprint density at radius 3 is 2.52 bits per heavy atom. The molecule has 0 bridgehead atoms. The largest absolute Gasteiger partial charge is 0.495 e. The van der Waals surface area contributed by atoms with Gasteiger partial charge in [-0.15, -0.1) is 0 Å². The molecular weight excluding hydrogens is 633 g/mol. The Hall–Kier alpha value is -4.05. The van der Waals surface area contributed by atoms with Crippen LogP contribution in [0.1, 0.15) is 39.9 Å². The number of carbonyl (C=O) groups is 1. The van der Waals surface area contributed by atoms with Gasteiger partial charge < -0.3 is 20.7 Å². The zero-order valence-electron chi connectivity index (χ0n) is 25.8. The number of amides is 1. The lowest BCUT2D eigenvalue weighted by Gasteiger charge is -2.32. The Labute approximate surface area is 266 Å². The molecule has 2 aromatic carbocycles. The van der Waals surface area contributed by atoms with Crippen LogP contribution >= 0.6 is 0 Å². The van der Waals surface area contributed by atoms with Gasteiger partial charge in [0.2, 0.25) is 5.95 Å². The Kier molecular flexibility index (Phi) is 11.4. The number of benzene rings is 2. The third-order valence-electron chi connectivity index (χ3n) is 7.54. The number of nitrogens with one attached hydrogen (secondary N) is 3. The first-order chi connectivity index (χ1) is 21.7. The molecule has 0 aliphatic carbocycles. The minimum absolute atomic E-state index is 0.0466. The number of halogens is 5. The van der Waals surface area contributed by atoms with E-state index in [4.69, 9.17) is 4.74 Å². The first-order valence-corrected chi connectivity index (χ1v) is 15.9. The van der Waals surface area contributed by atoms with Crippen molar-refractivity contribution in [3.63, 3.8) is 0 Å². The van der Waals surface area contributed by atoms with Gasteiger partial charge in [0.15, 0.2) is 0 Å². The van der Waals surface area contributed by atoms with E-state index in [9.17, 15) is 31.0 Å². The number of methoxy groups -OCH3 is 1. The predicted molar refractivity (Wildman–Crippen MR) is 167 cm³/mol. The number of anilines is 4. The van der Waals surface area contributed by atoms with Gasteiger partial charge >= 0.3 is 6.18 Å². The Morgan fingerprint density at radius 1 is 1.17 bits per heavy atom. The Bertz CT molecular complexity index is 1550. The zero-order valence-corrected chi connectivity index (χ0v) is 26.6. The molecule has 1 saturated heterocycles. The van der Waals surface area contributed by atoms with Gasteiger partial charge in [-0.05, 0) is 55.2 Å². The van der Waals surface area contributed by atoms with Crippen LogP contribution in [0.5, 0.6) is 5.75 Å². The summed E-state index contributed by atoms with van der Waals surface area (Å²) in [5, 5.41) is 8.53. The van der Waals surface area contributed by atoms with Gasteiger partial charge in [0.1, 0.15) is 28.1 Å². The SMILES string of the molecule is COc1cc(C(=O)NC2CCN(CC(F)F)CC2)ccc1Nc1ncc(C(F)(F)F)c(NCc2ccc(C)cc2N(C)S(C)=O)n1. The fourth-order valence-corrected chi connectivity index (χ4v) is 5.45. The van der Waals surface area contributed by atoms with Crippen LogP contribution in [0.3, 0.4) is 0 Å². The average Bonchev–Trinajstić information content (AvgIpc) is 3.00. The lowest BCUT2D eigenvalue weighted by molar-refractivity contribution is -0.137. The summed E-state index contributed by atoms with van der Waals surface area (Å²) in [6, 6.07) is 9.69. The molecule has 2 heterocycles. The highest BCUT2D eigenvalue weighted by Gasteiger charge is 2.35. The van der Waals surface area contributed by atoms with E-state index in [-0.39, 0.29) is 42.3 Å². The topological polar surface area (TPSA) is 112 Å². The highest BCUT2D eigenvalue weighted by Crippen LogP contribution is 2.35. The van der Waals surface area contributed by atoms with Crippen molar-refractivity contribution >= 4 is 40.0 Å². The van der Waals surface area contributed by atoms with Crippen molar-refractivity contribution < 1.29 is 35.7 Å². The van der Waals surface area contributed by atoms with Crippen molar-refractivity contribution in [2.45, 2.75) is 45.0 Å². The molecule has 1 aliphatic heterocycles. The third kappa shape index (κ3) is 9.02. The summed E-state index contributed by atoms with van der Waals surface area (Å²) in [4.78, 5) is 22.5. The summed E-state index contributed by atoms with van der Waals surface area (Å²) in [5.74, 6) is -0.774. The van der Waals surface area contributed by atoms with E-state index in [1.807, 2.05) is 6.92 Å². The Morgan fingerprint density at radius 2 is 1.89 bits per heavy atom. The number of hydrogen-bond acceptors (Lipinski definition) is 8. The molecule has 1 unspecified atom stereocenters. The Balaban J connectivity index is 1.50.